The summed E-state index contributed by atoms with van der Waals surface area (Å²) in [6, 6.07) is 4.25. The van der Waals surface area contributed by atoms with Crippen molar-refractivity contribution in [3.63, 3.8) is 0 Å². The molecule has 0 aliphatic heterocycles. The van der Waals surface area contributed by atoms with Gasteiger partial charge in [0.25, 0.3) is 0 Å². The molecule has 1 aromatic carbocycles. The largest absolute Gasteiger partial charge is 0.392 e. The van der Waals surface area contributed by atoms with Gasteiger partial charge in [0.1, 0.15) is 5.82 Å². The molecule has 0 unspecified atom stereocenters. The lowest BCUT2D eigenvalue weighted by molar-refractivity contribution is 0.210. The summed E-state index contributed by atoms with van der Waals surface area (Å²) in [5.74, 6) is -0.317. The summed E-state index contributed by atoms with van der Waals surface area (Å²) in [6.45, 7) is 1.03. The van der Waals surface area contributed by atoms with E-state index in [0.717, 1.165) is 0 Å². The van der Waals surface area contributed by atoms with Gasteiger partial charge in [-0.15, -0.1) is 0 Å². The summed E-state index contributed by atoms with van der Waals surface area (Å²) in [5, 5.41) is 12.0. The van der Waals surface area contributed by atoms with Gasteiger partial charge in [-0.25, -0.2) is 4.39 Å². The molecule has 3 nitrogen and oxygen atoms in total. The maximum absolute atomic E-state index is 12.8. The van der Waals surface area contributed by atoms with Crippen LogP contribution in [-0.2, 0) is 11.3 Å². The van der Waals surface area contributed by atoms with Crippen LogP contribution in [0.15, 0.2) is 18.2 Å². The highest BCUT2D eigenvalue weighted by atomic mass is 19.1. The summed E-state index contributed by atoms with van der Waals surface area (Å²) >= 11 is 0. The normalized spacial score (nSPS) is 10.2. The summed E-state index contributed by atoms with van der Waals surface area (Å²) in [5.41, 5.74) is 1.30. The molecule has 0 radical (unpaired) electrons. The van der Waals surface area contributed by atoms with Crippen molar-refractivity contribution in [1.29, 1.82) is 0 Å². The average molecular weight is 199 g/mol. The van der Waals surface area contributed by atoms with Crippen molar-refractivity contribution in [1.82, 2.24) is 0 Å². The topological polar surface area (TPSA) is 41.5 Å². The number of methoxy groups -OCH3 is 1. The van der Waals surface area contributed by atoms with Gasteiger partial charge in [-0.2, -0.15) is 0 Å². The Hall–Kier alpha value is -1.13. The van der Waals surface area contributed by atoms with E-state index in [4.69, 9.17) is 9.84 Å². The van der Waals surface area contributed by atoms with Gasteiger partial charge in [0.2, 0.25) is 0 Å². The average Bonchev–Trinajstić information content (AvgIpc) is 2.19. The highest BCUT2D eigenvalue weighted by Gasteiger charge is 2.01. The molecule has 0 aliphatic carbocycles. The number of aliphatic hydroxyl groups excluding tert-OH is 1. The van der Waals surface area contributed by atoms with Crippen LogP contribution in [0.3, 0.4) is 0 Å². The van der Waals surface area contributed by atoms with Gasteiger partial charge in [0, 0.05) is 24.9 Å². The Labute approximate surface area is 82.5 Å². The number of halogens is 1. The number of nitrogens with one attached hydrogen (secondary N) is 1. The second kappa shape index (κ2) is 5.57. The van der Waals surface area contributed by atoms with Crippen molar-refractivity contribution >= 4 is 5.69 Å². The van der Waals surface area contributed by atoms with Crippen LogP contribution in [0.4, 0.5) is 10.1 Å². The zero-order chi connectivity index (χ0) is 10.4. The first-order valence-corrected chi connectivity index (χ1v) is 4.40. The quantitative estimate of drug-likeness (QED) is 0.704. The first kappa shape index (κ1) is 10.9. The Morgan fingerprint density at radius 1 is 1.50 bits per heavy atom. The molecule has 0 saturated heterocycles. The Morgan fingerprint density at radius 2 is 2.29 bits per heavy atom. The van der Waals surface area contributed by atoms with Gasteiger partial charge in [-0.3, -0.25) is 0 Å². The van der Waals surface area contributed by atoms with Gasteiger partial charge >= 0.3 is 0 Å². The third-order valence-electron chi connectivity index (χ3n) is 1.86. The van der Waals surface area contributed by atoms with E-state index in [-0.39, 0.29) is 12.4 Å². The zero-order valence-electron chi connectivity index (χ0n) is 8.09. The minimum atomic E-state index is -0.317. The van der Waals surface area contributed by atoms with Gasteiger partial charge in [0.05, 0.1) is 13.2 Å². The van der Waals surface area contributed by atoms with Crippen LogP contribution in [0.2, 0.25) is 0 Å². The number of rotatable bonds is 5. The van der Waals surface area contributed by atoms with Crippen LogP contribution in [-0.4, -0.2) is 25.4 Å². The molecule has 0 fully saturated rings. The second-order valence-corrected chi connectivity index (χ2v) is 2.88. The molecule has 2 N–H and O–H groups in total. The van der Waals surface area contributed by atoms with Crippen molar-refractivity contribution in [2.75, 3.05) is 25.6 Å². The van der Waals surface area contributed by atoms with E-state index in [2.05, 4.69) is 5.32 Å². The Bertz CT molecular complexity index is 291. The molecule has 4 heteroatoms. The van der Waals surface area contributed by atoms with E-state index >= 15 is 0 Å². The Kier molecular flexibility index (Phi) is 4.35. The molecule has 0 atom stereocenters. The zero-order valence-corrected chi connectivity index (χ0v) is 8.09. The second-order valence-electron chi connectivity index (χ2n) is 2.88. The van der Waals surface area contributed by atoms with Crippen LogP contribution in [0.1, 0.15) is 5.56 Å². The maximum Gasteiger partial charge on any atom is 0.125 e. The molecular weight excluding hydrogens is 185 g/mol. The minimum Gasteiger partial charge on any atom is -0.392 e. The summed E-state index contributed by atoms with van der Waals surface area (Å²) in [6.07, 6.45) is 0. The smallest absolute Gasteiger partial charge is 0.125 e. The molecule has 0 aromatic heterocycles. The first-order valence-electron chi connectivity index (χ1n) is 4.40. The Balaban J connectivity index is 2.67. The van der Waals surface area contributed by atoms with E-state index in [0.29, 0.717) is 24.4 Å². The highest BCUT2D eigenvalue weighted by Crippen LogP contribution is 2.16. The summed E-state index contributed by atoms with van der Waals surface area (Å²) in [7, 11) is 1.60. The lowest BCUT2D eigenvalue weighted by Gasteiger charge is -2.09. The monoisotopic (exact) mass is 199 g/mol. The van der Waals surface area contributed by atoms with Crippen LogP contribution in [0, 0.1) is 5.82 Å². The van der Waals surface area contributed by atoms with E-state index in [1.54, 1.807) is 13.2 Å². The third kappa shape index (κ3) is 2.97. The lowest BCUT2D eigenvalue weighted by Crippen LogP contribution is -2.09. The van der Waals surface area contributed by atoms with Crippen LogP contribution < -0.4 is 5.32 Å². The number of aliphatic hydroxyl groups is 1. The standard InChI is InChI=1S/C10H14FNO2/c1-14-5-4-12-10-6-9(11)3-2-8(10)7-13/h2-3,6,12-13H,4-5,7H2,1H3. The fourth-order valence-corrected chi connectivity index (χ4v) is 1.14. The number of anilines is 1. The van der Waals surface area contributed by atoms with Crippen molar-refractivity contribution in [3.8, 4) is 0 Å². The van der Waals surface area contributed by atoms with Gasteiger partial charge in [0.15, 0.2) is 0 Å². The minimum absolute atomic E-state index is 0.102. The molecule has 0 aliphatic rings. The van der Waals surface area contributed by atoms with Crippen molar-refractivity contribution in [2.45, 2.75) is 6.61 Å². The third-order valence-corrected chi connectivity index (χ3v) is 1.86. The van der Waals surface area contributed by atoms with Crippen LogP contribution >= 0.6 is 0 Å². The Morgan fingerprint density at radius 3 is 2.93 bits per heavy atom. The number of hydrogen-bond donors (Lipinski definition) is 2. The molecule has 0 amide bonds. The van der Waals surface area contributed by atoms with E-state index < -0.39 is 0 Å². The molecule has 0 heterocycles. The molecule has 0 saturated carbocycles. The highest BCUT2D eigenvalue weighted by molar-refractivity contribution is 5.51. The fraction of sp³-hybridized carbons (Fsp3) is 0.400. The van der Waals surface area contributed by atoms with Crippen LogP contribution in [0.25, 0.3) is 0 Å². The molecule has 0 spiro atoms. The molecule has 14 heavy (non-hydrogen) atoms. The SMILES string of the molecule is COCCNc1cc(F)ccc1CO. The van der Waals surface area contributed by atoms with Gasteiger partial charge in [-0.1, -0.05) is 6.07 Å². The molecule has 1 rings (SSSR count). The maximum atomic E-state index is 12.8. The molecule has 1 aromatic rings. The molecular formula is C10H14FNO2. The van der Waals surface area contributed by atoms with Gasteiger partial charge in [-0.05, 0) is 12.1 Å². The molecule has 78 valence electrons. The van der Waals surface area contributed by atoms with Crippen molar-refractivity contribution in [3.05, 3.63) is 29.6 Å². The summed E-state index contributed by atoms with van der Waals surface area (Å²) < 4.78 is 17.7. The van der Waals surface area contributed by atoms with Crippen LogP contribution in [0.5, 0.6) is 0 Å². The fourth-order valence-electron chi connectivity index (χ4n) is 1.14. The predicted octanol–water partition coefficient (Wildman–Crippen LogP) is 1.38. The number of benzene rings is 1. The predicted molar refractivity (Wildman–Crippen MR) is 52.7 cm³/mol. The van der Waals surface area contributed by atoms with Crippen molar-refractivity contribution < 1.29 is 14.2 Å². The summed E-state index contributed by atoms with van der Waals surface area (Å²) in [4.78, 5) is 0. The van der Waals surface area contributed by atoms with Gasteiger partial charge < -0.3 is 15.2 Å². The lowest BCUT2D eigenvalue weighted by atomic mass is 10.2. The van der Waals surface area contributed by atoms with E-state index in [1.165, 1.54) is 12.1 Å². The first-order chi connectivity index (χ1) is 6.77. The number of ether oxygens (including phenoxy) is 1. The molecule has 0 bridgehead atoms. The van der Waals surface area contributed by atoms with Crippen molar-refractivity contribution in [2.24, 2.45) is 0 Å². The van der Waals surface area contributed by atoms with E-state index in [1.807, 2.05) is 0 Å². The number of hydrogen-bond acceptors (Lipinski definition) is 3. The van der Waals surface area contributed by atoms with E-state index in [9.17, 15) is 4.39 Å².